The lowest BCUT2D eigenvalue weighted by Crippen LogP contribution is -2.55. The predicted octanol–water partition coefficient (Wildman–Crippen LogP) is 2.21. The van der Waals surface area contributed by atoms with Crippen LogP contribution in [0.25, 0.3) is 0 Å². The molecule has 1 amide bonds. The van der Waals surface area contributed by atoms with Crippen LogP contribution in [0.5, 0.6) is 0 Å². The summed E-state index contributed by atoms with van der Waals surface area (Å²) >= 11 is 0. The first-order chi connectivity index (χ1) is 12.1. The molecule has 0 aliphatic carbocycles. The predicted molar refractivity (Wildman–Crippen MR) is 103 cm³/mol. The molecule has 1 aromatic carbocycles. The third kappa shape index (κ3) is 4.45. The van der Waals surface area contributed by atoms with Crippen molar-refractivity contribution in [2.24, 2.45) is 17.6 Å². The number of sulfonamides is 1. The molecule has 1 fully saturated rings. The molecule has 1 aliphatic heterocycles. The van der Waals surface area contributed by atoms with Crippen LogP contribution in [-0.2, 0) is 10.0 Å². The molecule has 1 heterocycles. The summed E-state index contributed by atoms with van der Waals surface area (Å²) in [6.45, 7) is 9.49. The van der Waals surface area contributed by atoms with Gasteiger partial charge in [0.05, 0.1) is 10.4 Å². The Kier molecular flexibility index (Phi) is 6.47. The van der Waals surface area contributed by atoms with Crippen LogP contribution >= 0.6 is 0 Å². The van der Waals surface area contributed by atoms with Crippen LogP contribution < -0.4 is 11.1 Å². The fourth-order valence-electron chi connectivity index (χ4n) is 2.92. The summed E-state index contributed by atoms with van der Waals surface area (Å²) in [5.74, 6) is 0.491. The van der Waals surface area contributed by atoms with E-state index in [1.165, 1.54) is 16.4 Å². The first-order valence-corrected chi connectivity index (χ1v) is 10.7. The number of carbonyl (C=O) groups excluding carboxylic acids is 1. The average molecular weight is 382 g/mol. The van der Waals surface area contributed by atoms with Gasteiger partial charge in [-0.05, 0) is 55.9 Å². The lowest BCUT2D eigenvalue weighted by Gasteiger charge is -2.33. The number of nitrogens with two attached hydrogens (primary N) is 1. The van der Waals surface area contributed by atoms with Crippen molar-refractivity contribution in [3.8, 4) is 0 Å². The van der Waals surface area contributed by atoms with Crippen LogP contribution in [0.4, 0.5) is 0 Å². The summed E-state index contributed by atoms with van der Waals surface area (Å²) < 4.78 is 27.0. The second-order valence-electron chi connectivity index (χ2n) is 7.84. The Morgan fingerprint density at radius 1 is 1.27 bits per heavy atom. The number of hydrogen-bond acceptors (Lipinski definition) is 4. The van der Waals surface area contributed by atoms with Crippen molar-refractivity contribution in [1.29, 1.82) is 0 Å². The molecule has 6 nitrogen and oxygen atoms in total. The Balaban J connectivity index is 2.13. The van der Waals surface area contributed by atoms with Crippen LogP contribution in [-0.4, -0.2) is 43.8 Å². The van der Waals surface area contributed by atoms with Gasteiger partial charge in [0.2, 0.25) is 10.0 Å². The Labute approximate surface area is 157 Å². The molecule has 2 rings (SSSR count). The third-order valence-corrected chi connectivity index (χ3v) is 7.51. The zero-order chi connectivity index (χ0) is 19.5. The maximum absolute atomic E-state index is 12.7. The first-order valence-electron chi connectivity index (χ1n) is 9.23. The van der Waals surface area contributed by atoms with E-state index in [2.05, 4.69) is 12.2 Å². The van der Waals surface area contributed by atoms with Crippen LogP contribution in [0.3, 0.4) is 0 Å². The van der Waals surface area contributed by atoms with Crippen molar-refractivity contribution in [1.82, 2.24) is 9.62 Å². The topological polar surface area (TPSA) is 92.5 Å². The largest absolute Gasteiger partial charge is 0.345 e. The molecule has 0 radical (unpaired) electrons. The zero-order valence-electron chi connectivity index (χ0n) is 16.2. The number of nitrogens with one attached hydrogen (secondary N) is 1. The minimum Gasteiger partial charge on any atom is -0.345 e. The summed E-state index contributed by atoms with van der Waals surface area (Å²) in [7, 11) is -3.50. The monoisotopic (exact) mass is 381 g/mol. The zero-order valence-corrected chi connectivity index (χ0v) is 17.0. The van der Waals surface area contributed by atoms with Gasteiger partial charge >= 0.3 is 0 Å². The average Bonchev–Trinajstić information content (AvgIpc) is 2.61. The van der Waals surface area contributed by atoms with Gasteiger partial charge in [0.25, 0.3) is 5.91 Å². The van der Waals surface area contributed by atoms with Crippen molar-refractivity contribution in [3.05, 3.63) is 29.8 Å². The number of benzene rings is 1. The smallest absolute Gasteiger partial charge is 0.251 e. The minimum absolute atomic E-state index is 0.178. The van der Waals surface area contributed by atoms with Crippen molar-refractivity contribution in [3.63, 3.8) is 0 Å². The van der Waals surface area contributed by atoms with E-state index in [-0.39, 0.29) is 16.7 Å². The lowest BCUT2D eigenvalue weighted by atomic mass is 9.88. The maximum Gasteiger partial charge on any atom is 0.251 e. The van der Waals surface area contributed by atoms with Crippen LogP contribution in [0.15, 0.2) is 29.2 Å². The Morgan fingerprint density at radius 2 is 1.81 bits per heavy atom. The van der Waals surface area contributed by atoms with Crippen molar-refractivity contribution in [2.75, 3.05) is 19.6 Å². The van der Waals surface area contributed by atoms with Gasteiger partial charge in [-0.3, -0.25) is 4.79 Å². The molecular formula is C19H31N3O3S. The highest BCUT2D eigenvalue weighted by Crippen LogP contribution is 2.24. The van der Waals surface area contributed by atoms with Gasteiger partial charge in [-0.15, -0.1) is 0 Å². The number of hydrogen-bond donors (Lipinski definition) is 2. The van der Waals surface area contributed by atoms with Crippen molar-refractivity contribution >= 4 is 15.9 Å². The number of rotatable bonds is 6. The standard InChI is InChI=1S/C19H31N3O3S/c1-14(2)19(4,13-20)21-18(23)16-5-7-17(8-6-16)26(24,25)22-11-9-15(3)10-12-22/h5-8,14-15H,9-13,20H2,1-4H3,(H,21,23). The minimum atomic E-state index is -3.50. The lowest BCUT2D eigenvalue weighted by molar-refractivity contribution is 0.0883. The maximum atomic E-state index is 12.7. The summed E-state index contributed by atoms with van der Waals surface area (Å²) in [6.07, 6.45) is 1.76. The fraction of sp³-hybridized carbons (Fsp3) is 0.632. The normalized spacial score (nSPS) is 19.3. The van der Waals surface area contributed by atoms with Gasteiger partial charge in [-0.25, -0.2) is 8.42 Å². The Bertz CT molecular complexity index is 723. The van der Waals surface area contributed by atoms with E-state index in [9.17, 15) is 13.2 Å². The molecule has 1 atom stereocenters. The van der Waals surface area contributed by atoms with Crippen LogP contribution in [0.1, 0.15) is 50.9 Å². The van der Waals surface area contributed by atoms with Gasteiger partial charge in [0.15, 0.2) is 0 Å². The molecule has 0 bridgehead atoms. The van der Waals surface area contributed by atoms with E-state index in [0.29, 0.717) is 31.1 Å². The molecule has 1 saturated heterocycles. The summed E-state index contributed by atoms with van der Waals surface area (Å²) in [4.78, 5) is 12.7. The molecule has 1 aromatic rings. The molecule has 26 heavy (non-hydrogen) atoms. The second kappa shape index (κ2) is 8.06. The van der Waals surface area contributed by atoms with Crippen LogP contribution in [0, 0.1) is 11.8 Å². The van der Waals surface area contributed by atoms with E-state index in [4.69, 9.17) is 5.73 Å². The number of piperidine rings is 1. The Morgan fingerprint density at radius 3 is 2.27 bits per heavy atom. The SMILES string of the molecule is CC1CCN(S(=O)(=O)c2ccc(C(=O)NC(C)(CN)C(C)C)cc2)CC1. The second-order valence-corrected chi connectivity index (χ2v) is 9.78. The Hall–Kier alpha value is -1.44. The molecule has 1 aliphatic rings. The molecule has 0 spiro atoms. The van der Waals surface area contributed by atoms with Crippen LogP contribution in [0.2, 0.25) is 0 Å². The summed E-state index contributed by atoms with van der Waals surface area (Å²) in [5, 5.41) is 2.96. The number of amides is 1. The molecule has 0 saturated carbocycles. The molecule has 1 unspecified atom stereocenters. The molecule has 0 aromatic heterocycles. The molecule has 146 valence electrons. The summed E-state index contributed by atoms with van der Waals surface area (Å²) in [6, 6.07) is 6.15. The van der Waals surface area contributed by atoms with E-state index in [0.717, 1.165) is 12.8 Å². The number of nitrogens with zero attached hydrogens (tertiary/aromatic N) is 1. The van der Waals surface area contributed by atoms with E-state index < -0.39 is 15.6 Å². The fourth-order valence-corrected chi connectivity index (χ4v) is 4.38. The first kappa shape index (κ1) is 20.9. The highest BCUT2D eigenvalue weighted by molar-refractivity contribution is 7.89. The summed E-state index contributed by atoms with van der Waals surface area (Å²) in [5.41, 5.74) is 5.73. The van der Waals surface area contributed by atoms with Crippen molar-refractivity contribution < 1.29 is 13.2 Å². The van der Waals surface area contributed by atoms with Crippen molar-refractivity contribution in [2.45, 2.75) is 51.0 Å². The van der Waals surface area contributed by atoms with E-state index in [1.54, 1.807) is 12.1 Å². The van der Waals surface area contributed by atoms with Gasteiger partial charge in [0, 0.05) is 25.2 Å². The van der Waals surface area contributed by atoms with E-state index in [1.807, 2.05) is 20.8 Å². The van der Waals surface area contributed by atoms with Gasteiger partial charge in [-0.1, -0.05) is 20.8 Å². The van der Waals surface area contributed by atoms with E-state index >= 15 is 0 Å². The third-order valence-electron chi connectivity index (χ3n) is 5.59. The van der Waals surface area contributed by atoms with Gasteiger partial charge in [0.1, 0.15) is 0 Å². The van der Waals surface area contributed by atoms with Gasteiger partial charge < -0.3 is 11.1 Å². The number of carbonyl (C=O) groups is 1. The quantitative estimate of drug-likeness (QED) is 0.790. The van der Waals surface area contributed by atoms with Gasteiger partial charge in [-0.2, -0.15) is 4.31 Å². The molecule has 3 N–H and O–H groups in total. The molecule has 7 heteroatoms. The molecular weight excluding hydrogens is 350 g/mol. The highest BCUT2D eigenvalue weighted by Gasteiger charge is 2.30. The highest BCUT2D eigenvalue weighted by atomic mass is 32.2.